The van der Waals surface area contributed by atoms with Crippen LogP contribution < -0.4 is 14.9 Å². The molecular formula is C25H20N4O5S. The molecule has 1 heterocycles. The molecule has 176 valence electrons. The fraction of sp³-hybridized carbons (Fsp3) is 0.0800. The summed E-state index contributed by atoms with van der Waals surface area (Å²) in [6.45, 7) is 2.04. The van der Waals surface area contributed by atoms with E-state index < -0.39 is 10.9 Å². The van der Waals surface area contributed by atoms with Crippen molar-refractivity contribution in [1.29, 1.82) is 0 Å². The molecule has 0 radical (unpaired) electrons. The lowest BCUT2D eigenvalue weighted by atomic mass is 10.1. The fourth-order valence-electron chi connectivity index (χ4n) is 3.10. The Balaban J connectivity index is 1.42. The smallest absolute Gasteiger partial charge is 0.343 e. The van der Waals surface area contributed by atoms with Crippen LogP contribution in [0, 0.1) is 17.0 Å². The number of nitro groups is 1. The molecule has 1 aromatic heterocycles. The molecule has 0 unspecified atom stereocenters. The normalized spacial score (nSPS) is 10.8. The Kier molecular flexibility index (Phi) is 7.12. The Morgan fingerprint density at radius 2 is 1.91 bits per heavy atom. The highest BCUT2D eigenvalue weighted by molar-refractivity contribution is 7.14. The standard InChI is InChI=1S/C25H20N4O5S/c1-16-6-9-18(10-7-16)21-15-35-25(27-21)28-26-14-17-8-11-22(23(12-17)33-2)34-24(30)19-4-3-5-20(13-19)29(31)32/h3-15H,1-2H3,(H,27,28)/b26-14+. The monoisotopic (exact) mass is 488 g/mol. The number of carbonyl (C=O) groups excluding carboxylic acids is 1. The number of thiazole rings is 1. The molecule has 0 amide bonds. The number of esters is 1. The number of aromatic nitrogens is 1. The minimum absolute atomic E-state index is 0.0598. The number of aryl methyl sites for hydroxylation is 1. The van der Waals surface area contributed by atoms with Crippen molar-refractivity contribution in [3.8, 4) is 22.8 Å². The largest absolute Gasteiger partial charge is 0.493 e. The van der Waals surface area contributed by atoms with Gasteiger partial charge >= 0.3 is 5.97 Å². The number of non-ortho nitro benzene ring substituents is 1. The van der Waals surface area contributed by atoms with Crippen molar-refractivity contribution in [3.63, 3.8) is 0 Å². The van der Waals surface area contributed by atoms with Gasteiger partial charge in [0, 0.05) is 23.1 Å². The first-order valence-corrected chi connectivity index (χ1v) is 11.3. The Morgan fingerprint density at radius 3 is 2.66 bits per heavy atom. The quantitative estimate of drug-likeness (QED) is 0.111. The third-order valence-electron chi connectivity index (χ3n) is 4.91. The summed E-state index contributed by atoms with van der Waals surface area (Å²) >= 11 is 1.44. The number of ether oxygens (including phenoxy) is 2. The third-order valence-corrected chi connectivity index (χ3v) is 5.66. The van der Waals surface area contributed by atoms with Gasteiger partial charge in [-0.1, -0.05) is 35.9 Å². The van der Waals surface area contributed by atoms with Crippen LogP contribution in [0.1, 0.15) is 21.5 Å². The van der Waals surface area contributed by atoms with Crippen LogP contribution in [0.25, 0.3) is 11.3 Å². The van der Waals surface area contributed by atoms with E-state index in [1.165, 1.54) is 42.2 Å². The van der Waals surface area contributed by atoms with E-state index in [1.807, 2.05) is 36.6 Å². The van der Waals surface area contributed by atoms with Gasteiger partial charge in [0.15, 0.2) is 11.5 Å². The van der Waals surface area contributed by atoms with Crippen LogP contribution in [0.4, 0.5) is 10.8 Å². The van der Waals surface area contributed by atoms with E-state index in [4.69, 9.17) is 9.47 Å². The van der Waals surface area contributed by atoms with E-state index >= 15 is 0 Å². The molecule has 0 aliphatic rings. The van der Waals surface area contributed by atoms with Gasteiger partial charge in [0.25, 0.3) is 5.69 Å². The zero-order chi connectivity index (χ0) is 24.8. The first-order chi connectivity index (χ1) is 16.9. The second kappa shape index (κ2) is 10.6. The molecule has 0 spiro atoms. The molecule has 1 N–H and O–H groups in total. The van der Waals surface area contributed by atoms with E-state index in [0.717, 1.165) is 17.3 Å². The SMILES string of the molecule is COc1cc(/C=N/Nc2nc(-c3ccc(C)cc3)cs2)ccc1OC(=O)c1cccc([N+](=O)[O-])c1. The van der Waals surface area contributed by atoms with Crippen molar-refractivity contribution in [2.75, 3.05) is 12.5 Å². The highest BCUT2D eigenvalue weighted by atomic mass is 32.1. The first kappa shape index (κ1) is 23.6. The maximum absolute atomic E-state index is 12.4. The molecule has 0 fully saturated rings. The van der Waals surface area contributed by atoms with Crippen LogP contribution in [0.3, 0.4) is 0 Å². The molecule has 9 nitrogen and oxygen atoms in total. The van der Waals surface area contributed by atoms with Crippen molar-refractivity contribution in [2.45, 2.75) is 6.92 Å². The maximum Gasteiger partial charge on any atom is 0.343 e. The molecule has 0 bridgehead atoms. The lowest BCUT2D eigenvalue weighted by Gasteiger charge is -2.10. The number of methoxy groups -OCH3 is 1. The topological polar surface area (TPSA) is 116 Å². The summed E-state index contributed by atoms with van der Waals surface area (Å²) in [5.41, 5.74) is 6.55. The lowest BCUT2D eigenvalue weighted by Crippen LogP contribution is -2.09. The van der Waals surface area contributed by atoms with Crippen LogP contribution >= 0.6 is 11.3 Å². The fourth-order valence-corrected chi connectivity index (χ4v) is 3.77. The molecule has 0 saturated heterocycles. The average Bonchev–Trinajstić information content (AvgIpc) is 3.34. The minimum atomic E-state index is -0.733. The average molecular weight is 489 g/mol. The zero-order valence-electron chi connectivity index (χ0n) is 18.8. The highest BCUT2D eigenvalue weighted by Crippen LogP contribution is 2.29. The van der Waals surface area contributed by atoms with Crippen molar-refractivity contribution < 1.29 is 19.2 Å². The Labute approximate surface area is 204 Å². The van der Waals surface area contributed by atoms with Crippen LogP contribution in [-0.4, -0.2) is 29.2 Å². The van der Waals surface area contributed by atoms with Gasteiger partial charge < -0.3 is 9.47 Å². The predicted octanol–water partition coefficient (Wildman–Crippen LogP) is 5.70. The molecule has 4 aromatic rings. The summed E-state index contributed by atoms with van der Waals surface area (Å²) < 4.78 is 10.7. The Bertz CT molecular complexity index is 1400. The number of carbonyl (C=O) groups is 1. The van der Waals surface area contributed by atoms with Crippen LogP contribution in [-0.2, 0) is 0 Å². The summed E-state index contributed by atoms with van der Waals surface area (Å²) in [5, 5.41) is 17.8. The number of anilines is 1. The summed E-state index contributed by atoms with van der Waals surface area (Å²) in [6.07, 6.45) is 1.58. The summed E-state index contributed by atoms with van der Waals surface area (Å²) in [4.78, 5) is 27.4. The molecule has 35 heavy (non-hydrogen) atoms. The van der Waals surface area contributed by atoms with Gasteiger partial charge in [-0.15, -0.1) is 11.3 Å². The molecule has 0 saturated carbocycles. The van der Waals surface area contributed by atoms with Crippen LogP contribution in [0.15, 0.2) is 77.2 Å². The number of nitro benzene ring substituents is 1. The number of hydrogen-bond acceptors (Lipinski definition) is 9. The highest BCUT2D eigenvalue weighted by Gasteiger charge is 2.16. The van der Waals surface area contributed by atoms with Gasteiger partial charge in [-0.25, -0.2) is 9.78 Å². The number of hydrogen-bond donors (Lipinski definition) is 1. The number of rotatable bonds is 8. The van der Waals surface area contributed by atoms with Gasteiger partial charge in [-0.05, 0) is 36.8 Å². The summed E-state index contributed by atoms with van der Waals surface area (Å²) in [7, 11) is 1.45. The van der Waals surface area contributed by atoms with Crippen molar-refractivity contribution in [1.82, 2.24) is 4.98 Å². The Hall–Kier alpha value is -4.57. The molecule has 4 rings (SSSR count). The molecule has 0 atom stereocenters. The van der Waals surface area contributed by atoms with E-state index in [9.17, 15) is 14.9 Å². The van der Waals surface area contributed by atoms with E-state index in [1.54, 1.807) is 24.4 Å². The van der Waals surface area contributed by atoms with Gasteiger partial charge in [0.2, 0.25) is 5.13 Å². The minimum Gasteiger partial charge on any atom is -0.493 e. The molecule has 0 aliphatic heterocycles. The van der Waals surface area contributed by atoms with Gasteiger partial charge in [0.05, 0.1) is 29.5 Å². The van der Waals surface area contributed by atoms with E-state index in [0.29, 0.717) is 16.4 Å². The van der Waals surface area contributed by atoms with Gasteiger partial charge in [-0.3, -0.25) is 15.5 Å². The molecule has 10 heteroatoms. The van der Waals surface area contributed by atoms with Gasteiger partial charge in [-0.2, -0.15) is 5.10 Å². The number of nitrogens with one attached hydrogen (secondary N) is 1. The van der Waals surface area contributed by atoms with Crippen molar-refractivity contribution in [2.24, 2.45) is 5.10 Å². The second-order valence-electron chi connectivity index (χ2n) is 7.38. The second-order valence-corrected chi connectivity index (χ2v) is 8.24. The van der Waals surface area contributed by atoms with Crippen LogP contribution in [0.2, 0.25) is 0 Å². The summed E-state index contributed by atoms with van der Waals surface area (Å²) in [6, 6.07) is 18.4. The number of nitrogens with zero attached hydrogens (tertiary/aromatic N) is 3. The Morgan fingerprint density at radius 1 is 1.11 bits per heavy atom. The van der Waals surface area contributed by atoms with E-state index in [2.05, 4.69) is 15.5 Å². The molecular weight excluding hydrogens is 468 g/mol. The number of hydrazone groups is 1. The number of benzene rings is 3. The van der Waals surface area contributed by atoms with Crippen molar-refractivity contribution >= 4 is 34.3 Å². The zero-order valence-corrected chi connectivity index (χ0v) is 19.6. The first-order valence-electron chi connectivity index (χ1n) is 10.4. The van der Waals surface area contributed by atoms with E-state index in [-0.39, 0.29) is 17.0 Å². The molecule has 3 aromatic carbocycles. The predicted molar refractivity (Wildman–Crippen MR) is 135 cm³/mol. The maximum atomic E-state index is 12.4. The molecule has 0 aliphatic carbocycles. The van der Waals surface area contributed by atoms with Crippen LogP contribution in [0.5, 0.6) is 11.5 Å². The lowest BCUT2D eigenvalue weighted by molar-refractivity contribution is -0.384. The summed E-state index contributed by atoms with van der Waals surface area (Å²) in [5.74, 6) is -0.247. The van der Waals surface area contributed by atoms with Crippen molar-refractivity contribution in [3.05, 3.63) is 98.9 Å². The third kappa shape index (κ3) is 5.87. The van der Waals surface area contributed by atoms with Gasteiger partial charge in [0.1, 0.15) is 0 Å².